The highest BCUT2D eigenvalue weighted by molar-refractivity contribution is 7.44. The van der Waals surface area contributed by atoms with Gasteiger partial charge in [0.2, 0.25) is 5.91 Å². The molecule has 0 saturated carbocycles. The van der Waals surface area contributed by atoms with Crippen molar-refractivity contribution >= 4 is 20.3 Å². The largest absolute Gasteiger partial charge is 0.497 e. The Balaban J connectivity index is 1.62. The van der Waals surface area contributed by atoms with Gasteiger partial charge >= 0.3 is 0 Å². The molecule has 1 fully saturated rings. The third-order valence-corrected chi connectivity index (χ3v) is 12.4. The summed E-state index contributed by atoms with van der Waals surface area (Å²) in [5.74, 6) is 2.18. The second kappa shape index (κ2) is 17.8. The van der Waals surface area contributed by atoms with Crippen molar-refractivity contribution in [2.24, 2.45) is 4.99 Å². The number of methoxy groups -OCH3 is 3. The van der Waals surface area contributed by atoms with Gasteiger partial charge in [0.15, 0.2) is 29.5 Å². The fourth-order valence-corrected chi connectivity index (χ4v) is 9.36. The molecule has 3 aliphatic heterocycles. The monoisotopic (exact) mass is 797 g/mol. The molecule has 1 saturated heterocycles. The molecule has 0 radical (unpaired) electrons. The lowest BCUT2D eigenvalue weighted by molar-refractivity contribution is -0.137. The fraction of sp³-hybridized carbons (Fsp3) is 0.419. The zero-order chi connectivity index (χ0) is 40.9. The molecule has 0 aromatic heterocycles. The number of amidine groups is 1. The number of carbonyl (C=O) groups is 1. The van der Waals surface area contributed by atoms with Crippen LogP contribution in [0, 0.1) is 11.3 Å². The molecular weight excluding hydrogens is 745 g/mol. The van der Waals surface area contributed by atoms with Gasteiger partial charge in [0.05, 0.1) is 33.3 Å². The van der Waals surface area contributed by atoms with Crippen LogP contribution in [0.5, 0.6) is 11.5 Å². The van der Waals surface area contributed by atoms with Crippen molar-refractivity contribution in [3.05, 3.63) is 119 Å². The van der Waals surface area contributed by atoms with Gasteiger partial charge in [-0.05, 0) is 65.0 Å². The van der Waals surface area contributed by atoms with Gasteiger partial charge in [-0.15, -0.1) is 0 Å². The number of hydrogen-bond donors (Lipinski definition) is 1. The van der Waals surface area contributed by atoms with Gasteiger partial charge in [-0.3, -0.25) is 4.79 Å². The van der Waals surface area contributed by atoms with Crippen LogP contribution < -0.4 is 14.8 Å². The average Bonchev–Trinajstić information content (AvgIpc) is 3.46. The lowest BCUT2D eigenvalue weighted by atomic mass is 9.79. The number of fused-ring (bicyclic) bond motifs is 4. The molecule has 0 spiro atoms. The SMILES string of the molecule is COc1ccc(C(OC2=C3N=C(NC(C)=O)C=CN3[C@@H]3O[C@@H]2[C@H](OP(OCCC#N)N(C(C)C)C(C)C)[C@@]3(C)OC)(c2ccccc2)c2ccc(OC)cc2)cc1. The Hall–Kier alpha value is -4.80. The minimum Gasteiger partial charge on any atom is -0.497 e. The van der Waals surface area contributed by atoms with E-state index in [1.165, 1.54) is 6.92 Å². The summed E-state index contributed by atoms with van der Waals surface area (Å²) in [6.07, 6.45) is 1.28. The molecule has 1 unspecified atom stereocenters. The Morgan fingerprint density at radius 3 is 2.05 bits per heavy atom. The molecule has 6 rings (SSSR count). The van der Waals surface area contributed by atoms with Crippen LogP contribution in [0.4, 0.5) is 0 Å². The van der Waals surface area contributed by atoms with Crippen molar-refractivity contribution < 1.29 is 37.5 Å². The number of nitriles is 1. The van der Waals surface area contributed by atoms with Crippen LogP contribution in [-0.2, 0) is 33.7 Å². The van der Waals surface area contributed by atoms with E-state index in [2.05, 4.69) is 43.8 Å². The molecule has 302 valence electrons. The van der Waals surface area contributed by atoms with Gasteiger partial charge in [0.1, 0.15) is 29.0 Å². The molecule has 14 heteroatoms. The van der Waals surface area contributed by atoms with Crippen LogP contribution in [-0.4, -0.2) is 85.4 Å². The molecule has 57 heavy (non-hydrogen) atoms. The molecule has 1 amide bonds. The molecule has 3 aromatic carbocycles. The maximum absolute atomic E-state index is 12.4. The molecule has 2 bridgehead atoms. The van der Waals surface area contributed by atoms with Crippen LogP contribution in [0.15, 0.2) is 108 Å². The van der Waals surface area contributed by atoms with Crippen molar-refractivity contribution in [1.29, 1.82) is 5.26 Å². The van der Waals surface area contributed by atoms with Gasteiger partial charge < -0.3 is 42.9 Å². The van der Waals surface area contributed by atoms with E-state index in [0.717, 1.165) is 16.7 Å². The molecule has 13 nitrogen and oxygen atoms in total. The highest BCUT2D eigenvalue weighted by atomic mass is 31.2. The third kappa shape index (κ3) is 8.17. The fourth-order valence-electron chi connectivity index (χ4n) is 7.54. The maximum atomic E-state index is 12.4. The Morgan fingerprint density at radius 2 is 1.54 bits per heavy atom. The van der Waals surface area contributed by atoms with Crippen LogP contribution in [0.1, 0.15) is 64.7 Å². The third-order valence-electron chi connectivity index (χ3n) is 10.2. The second-order valence-corrected chi connectivity index (χ2v) is 16.0. The van der Waals surface area contributed by atoms with Gasteiger partial charge in [-0.1, -0.05) is 54.6 Å². The van der Waals surface area contributed by atoms with Crippen molar-refractivity contribution in [2.45, 2.75) is 89.7 Å². The Kier molecular flexibility index (Phi) is 13.0. The number of ether oxygens (including phenoxy) is 5. The molecule has 3 aromatic rings. The van der Waals surface area contributed by atoms with E-state index < -0.39 is 38.2 Å². The summed E-state index contributed by atoms with van der Waals surface area (Å²) in [4.78, 5) is 19.3. The zero-order valence-electron chi connectivity index (χ0n) is 34.0. The molecule has 5 atom stereocenters. The first-order valence-corrected chi connectivity index (χ1v) is 20.1. The number of carbonyl (C=O) groups excluding carboxylic acids is 1. The van der Waals surface area contributed by atoms with Crippen molar-refractivity contribution in [3.8, 4) is 17.6 Å². The molecule has 3 aliphatic rings. The first-order valence-electron chi connectivity index (χ1n) is 19.0. The molecule has 1 N–H and O–H groups in total. The molecule has 0 aliphatic carbocycles. The van der Waals surface area contributed by atoms with Gasteiger partial charge in [0.25, 0.3) is 8.53 Å². The highest BCUT2D eigenvalue weighted by Crippen LogP contribution is 2.56. The summed E-state index contributed by atoms with van der Waals surface area (Å²) in [6.45, 7) is 11.9. The number of nitrogens with one attached hydrogen (secondary N) is 1. The minimum absolute atomic E-state index is 0.0396. The lowest BCUT2D eigenvalue weighted by Crippen LogP contribution is -2.53. The Labute approximate surface area is 336 Å². The average molecular weight is 798 g/mol. The summed E-state index contributed by atoms with van der Waals surface area (Å²) in [5, 5.41) is 12.3. The minimum atomic E-state index is -1.76. The van der Waals surface area contributed by atoms with E-state index in [-0.39, 0.29) is 31.0 Å². The van der Waals surface area contributed by atoms with Crippen LogP contribution in [0.3, 0.4) is 0 Å². The number of aliphatic imine (C=N–C) groups is 1. The van der Waals surface area contributed by atoms with Crippen molar-refractivity contribution in [2.75, 3.05) is 27.9 Å². The van der Waals surface area contributed by atoms with Gasteiger partial charge in [-0.2, -0.15) is 5.26 Å². The van der Waals surface area contributed by atoms with Crippen LogP contribution in [0.2, 0.25) is 0 Å². The highest BCUT2D eigenvalue weighted by Gasteiger charge is 2.65. The quantitative estimate of drug-likeness (QED) is 0.0886. The van der Waals surface area contributed by atoms with Crippen molar-refractivity contribution in [1.82, 2.24) is 14.9 Å². The topological polar surface area (TPSA) is 136 Å². The maximum Gasteiger partial charge on any atom is 0.259 e. The van der Waals surface area contributed by atoms with E-state index in [1.807, 2.05) is 96.9 Å². The van der Waals surface area contributed by atoms with E-state index >= 15 is 0 Å². The van der Waals surface area contributed by atoms with E-state index in [9.17, 15) is 10.1 Å². The van der Waals surface area contributed by atoms with Crippen LogP contribution >= 0.6 is 8.53 Å². The standard InChI is InChI=1S/C43H52N5O8P/c1-28(2)48(29(3)4)57(53-27-13-25-44)56-39-37-38(40-46-36(45-30(5)49)24-26-47(40)41(54-37)42(39,6)52-9)55-43(31-14-11-10-12-15-31,32-16-20-34(50-7)21-17-32)33-18-22-35(51-8)23-19-33/h10-12,14-24,26,28-29,37,39,41H,13,27H2,1-9H3,(H,45,46,49)/t37-,39-,41+,42+,57?/m0/s1. The van der Waals surface area contributed by atoms with Crippen LogP contribution in [0.25, 0.3) is 0 Å². The summed E-state index contributed by atoms with van der Waals surface area (Å²) < 4.78 is 48.0. The number of rotatable bonds is 16. The first-order chi connectivity index (χ1) is 27.4. The number of hydrogen-bond acceptors (Lipinski definition) is 12. The zero-order valence-corrected chi connectivity index (χ0v) is 34.9. The van der Waals surface area contributed by atoms with E-state index in [0.29, 0.717) is 28.9 Å². The summed E-state index contributed by atoms with van der Waals surface area (Å²) in [7, 11) is 3.12. The summed E-state index contributed by atoms with van der Waals surface area (Å²) in [5.41, 5.74) is -0.0341. The molecular formula is C43H52N5O8P. The summed E-state index contributed by atoms with van der Waals surface area (Å²) >= 11 is 0. The molecule has 3 heterocycles. The predicted octanol–water partition coefficient (Wildman–Crippen LogP) is 7.35. The van der Waals surface area contributed by atoms with E-state index in [4.69, 9.17) is 37.7 Å². The second-order valence-electron chi connectivity index (χ2n) is 14.6. The number of benzene rings is 3. The first kappa shape index (κ1) is 41.8. The van der Waals surface area contributed by atoms with Crippen molar-refractivity contribution in [3.63, 3.8) is 0 Å². The summed E-state index contributed by atoms with van der Waals surface area (Å²) in [6, 6.07) is 27.7. The number of nitrogens with zero attached hydrogens (tertiary/aromatic N) is 4. The van der Waals surface area contributed by atoms with E-state index in [1.54, 1.807) is 27.4 Å². The number of amides is 1. The Morgan fingerprint density at radius 1 is 0.965 bits per heavy atom. The normalized spacial score (nSPS) is 22.0. The lowest BCUT2D eigenvalue weighted by Gasteiger charge is -2.42. The van der Waals surface area contributed by atoms with Gasteiger partial charge in [0, 0.05) is 49.0 Å². The Bertz CT molecular complexity index is 1940. The predicted molar refractivity (Wildman–Crippen MR) is 217 cm³/mol. The smallest absolute Gasteiger partial charge is 0.259 e. The van der Waals surface area contributed by atoms with Gasteiger partial charge in [-0.25, -0.2) is 9.66 Å².